The molecule has 0 unspecified atom stereocenters. The third-order valence-electron chi connectivity index (χ3n) is 8.41. The molecule has 8 atom stereocenters. The molecule has 0 radical (unpaired) electrons. The van der Waals surface area contributed by atoms with Crippen LogP contribution in [0, 0.1) is 29.1 Å². The van der Waals surface area contributed by atoms with Crippen LogP contribution >= 0.6 is 0 Å². The quantitative estimate of drug-likeness (QED) is 0.229. The van der Waals surface area contributed by atoms with Crippen LogP contribution in [-0.2, 0) is 19.2 Å². The van der Waals surface area contributed by atoms with Crippen molar-refractivity contribution < 1.29 is 39.8 Å². The van der Waals surface area contributed by atoms with Gasteiger partial charge < -0.3 is 20.1 Å². The van der Waals surface area contributed by atoms with Crippen LogP contribution in [0.25, 0.3) is 0 Å². The van der Waals surface area contributed by atoms with Gasteiger partial charge in [0, 0.05) is 30.1 Å². The fraction of sp³-hybridized carbons (Fsp3) is 0.727. The van der Waals surface area contributed by atoms with Crippen LogP contribution < -0.4 is 0 Å². The molecule has 166 valence electrons. The zero-order chi connectivity index (χ0) is 22.4. The Balaban J connectivity index is 1.96. The summed E-state index contributed by atoms with van der Waals surface area (Å²) in [5.74, 6) is -3.77. The van der Waals surface area contributed by atoms with Gasteiger partial charge in [0.1, 0.15) is 11.7 Å². The Bertz CT molecular complexity index is 874. The van der Waals surface area contributed by atoms with E-state index >= 15 is 0 Å². The van der Waals surface area contributed by atoms with E-state index in [1.807, 2.05) is 13.8 Å². The lowest BCUT2D eigenvalue weighted by Crippen LogP contribution is -2.63. The number of fused-ring (bicyclic) bond motifs is 5. The summed E-state index contributed by atoms with van der Waals surface area (Å²) in [6, 6.07) is 0. The van der Waals surface area contributed by atoms with Crippen molar-refractivity contribution in [1.82, 2.24) is 0 Å². The molecule has 0 aliphatic heterocycles. The van der Waals surface area contributed by atoms with Crippen LogP contribution in [0.4, 0.5) is 0 Å². The molecule has 0 heterocycles. The van der Waals surface area contributed by atoms with Crippen molar-refractivity contribution >= 4 is 11.8 Å². The Hall–Kier alpha value is -1.58. The number of esters is 1. The van der Waals surface area contributed by atoms with Crippen molar-refractivity contribution in [2.45, 2.75) is 63.9 Å². The van der Waals surface area contributed by atoms with Gasteiger partial charge in [-0.25, -0.2) is 4.89 Å². The van der Waals surface area contributed by atoms with Crippen LogP contribution in [0.15, 0.2) is 23.3 Å². The van der Waals surface area contributed by atoms with Gasteiger partial charge in [-0.1, -0.05) is 26.8 Å². The number of rotatable bonds is 3. The SMILES string of the molecule is CC(=O)O[C@@]12C[C@@H](C)[C@@]3(O)[C@@H]([C@H](OO)C(CO)=C[C@]4(O)C(=O)C(C)=C[C@H]34)[C@H]1C2(C)C. The molecule has 4 rings (SSSR count). The van der Waals surface area contributed by atoms with E-state index < -0.39 is 70.4 Å². The predicted molar refractivity (Wildman–Crippen MR) is 104 cm³/mol. The largest absolute Gasteiger partial charge is 0.458 e. The van der Waals surface area contributed by atoms with E-state index in [2.05, 4.69) is 0 Å². The molecular weight excluding hydrogens is 392 g/mol. The van der Waals surface area contributed by atoms with E-state index in [9.17, 15) is 30.2 Å². The first-order chi connectivity index (χ1) is 13.8. The molecule has 4 N–H and O–H groups in total. The van der Waals surface area contributed by atoms with Gasteiger partial charge in [-0.15, -0.1) is 0 Å². The maximum absolute atomic E-state index is 12.9. The Morgan fingerprint density at radius 2 is 1.93 bits per heavy atom. The number of aliphatic hydroxyl groups is 3. The summed E-state index contributed by atoms with van der Waals surface area (Å²) >= 11 is 0. The van der Waals surface area contributed by atoms with Crippen LogP contribution in [0.2, 0.25) is 0 Å². The van der Waals surface area contributed by atoms with Crippen molar-refractivity contribution in [3.63, 3.8) is 0 Å². The first-order valence-electron chi connectivity index (χ1n) is 10.3. The van der Waals surface area contributed by atoms with E-state index in [1.165, 1.54) is 13.0 Å². The molecule has 4 aliphatic rings. The van der Waals surface area contributed by atoms with E-state index in [0.29, 0.717) is 12.0 Å². The van der Waals surface area contributed by atoms with Gasteiger partial charge in [0.2, 0.25) is 0 Å². The first-order valence-corrected chi connectivity index (χ1v) is 10.3. The third kappa shape index (κ3) is 2.29. The first kappa shape index (κ1) is 21.6. The van der Waals surface area contributed by atoms with Gasteiger partial charge >= 0.3 is 5.97 Å². The highest BCUT2D eigenvalue weighted by atomic mass is 17.1. The van der Waals surface area contributed by atoms with Crippen molar-refractivity contribution in [2.75, 3.05) is 6.61 Å². The van der Waals surface area contributed by atoms with E-state index in [1.54, 1.807) is 19.9 Å². The Morgan fingerprint density at radius 3 is 2.47 bits per heavy atom. The van der Waals surface area contributed by atoms with Crippen LogP contribution in [0.5, 0.6) is 0 Å². The van der Waals surface area contributed by atoms with Gasteiger partial charge in [0.25, 0.3) is 0 Å². The summed E-state index contributed by atoms with van der Waals surface area (Å²) in [6.07, 6.45) is 1.95. The molecular formula is C22H30O8. The van der Waals surface area contributed by atoms with Crippen molar-refractivity contribution in [2.24, 2.45) is 29.1 Å². The third-order valence-corrected chi connectivity index (χ3v) is 8.41. The van der Waals surface area contributed by atoms with Gasteiger partial charge in [0.15, 0.2) is 11.4 Å². The van der Waals surface area contributed by atoms with Crippen LogP contribution in [0.1, 0.15) is 41.0 Å². The van der Waals surface area contributed by atoms with Crippen LogP contribution in [-0.4, -0.2) is 61.8 Å². The molecule has 0 bridgehead atoms. The molecule has 30 heavy (non-hydrogen) atoms. The second-order valence-corrected chi connectivity index (χ2v) is 10.1. The molecule has 8 heteroatoms. The number of hydrogen-bond acceptors (Lipinski definition) is 8. The Morgan fingerprint density at radius 1 is 1.30 bits per heavy atom. The average molecular weight is 422 g/mol. The van der Waals surface area contributed by atoms with Crippen molar-refractivity contribution in [1.29, 1.82) is 0 Å². The minimum atomic E-state index is -2.06. The normalized spacial score (nSPS) is 48.6. The summed E-state index contributed by atoms with van der Waals surface area (Å²) in [5.41, 5.74) is -4.72. The lowest BCUT2D eigenvalue weighted by Gasteiger charge is -2.51. The molecule has 0 saturated heterocycles. The van der Waals surface area contributed by atoms with Crippen LogP contribution in [0.3, 0.4) is 0 Å². The Labute approximate surface area is 175 Å². The number of ether oxygens (including phenoxy) is 1. The zero-order valence-corrected chi connectivity index (χ0v) is 17.9. The summed E-state index contributed by atoms with van der Waals surface area (Å²) in [6.45, 7) is 7.96. The van der Waals surface area contributed by atoms with Crippen molar-refractivity contribution in [3.05, 3.63) is 23.3 Å². The van der Waals surface area contributed by atoms with Gasteiger partial charge in [0.05, 0.1) is 12.2 Å². The Kier molecular flexibility index (Phi) is 4.50. The number of hydrogen-bond donors (Lipinski definition) is 4. The van der Waals surface area contributed by atoms with Gasteiger partial charge in [-0.2, -0.15) is 0 Å². The maximum Gasteiger partial charge on any atom is 0.303 e. The van der Waals surface area contributed by atoms with E-state index in [-0.39, 0.29) is 5.57 Å². The molecule has 0 spiro atoms. The number of aliphatic hydroxyl groups excluding tert-OH is 1. The maximum atomic E-state index is 12.9. The second kappa shape index (κ2) is 6.23. The molecule has 0 aromatic heterocycles. The molecule has 0 aromatic rings. The summed E-state index contributed by atoms with van der Waals surface area (Å²) in [4.78, 5) is 29.6. The molecule has 0 aromatic carbocycles. The number of Topliss-reactive ketones (excluding diaryl/α,β-unsaturated/α-hetero) is 1. The highest BCUT2D eigenvalue weighted by Gasteiger charge is 2.84. The summed E-state index contributed by atoms with van der Waals surface area (Å²) in [7, 11) is 0. The highest BCUT2D eigenvalue weighted by Crippen LogP contribution is 2.77. The minimum Gasteiger partial charge on any atom is -0.458 e. The molecule has 8 nitrogen and oxygen atoms in total. The number of carbonyl (C=O) groups excluding carboxylic acids is 2. The molecule has 2 saturated carbocycles. The minimum absolute atomic E-state index is 0.107. The average Bonchev–Trinajstić information content (AvgIpc) is 3.04. The lowest BCUT2D eigenvalue weighted by atomic mass is 9.59. The summed E-state index contributed by atoms with van der Waals surface area (Å²) < 4.78 is 5.80. The molecule has 2 fully saturated rings. The standard InChI is InChI=1S/C22H30O8/c1-10-6-14-20(26,18(10)25)8-13(9-23)16(30-28)15-17-19(4,5)21(17,29-12(3)24)7-11(2)22(14,15)27/h6,8,11,14-17,23,26-28H,7,9H2,1-5H3/t11-,14+,15+,16-,17+,20-,21+,22+/m1/s1. The fourth-order valence-electron chi connectivity index (χ4n) is 7.04. The van der Waals surface area contributed by atoms with E-state index in [4.69, 9.17) is 9.62 Å². The monoisotopic (exact) mass is 422 g/mol. The second-order valence-electron chi connectivity index (χ2n) is 10.1. The van der Waals surface area contributed by atoms with Gasteiger partial charge in [-0.05, 0) is 36.5 Å². The van der Waals surface area contributed by atoms with E-state index in [0.717, 1.165) is 0 Å². The predicted octanol–water partition coefficient (Wildman–Crippen LogP) is 0.998. The number of carbonyl (C=O) groups is 2. The lowest BCUT2D eigenvalue weighted by molar-refractivity contribution is -0.307. The topological polar surface area (TPSA) is 134 Å². The molecule has 4 aliphatic carbocycles. The highest BCUT2D eigenvalue weighted by molar-refractivity contribution is 6.06. The van der Waals surface area contributed by atoms with Crippen molar-refractivity contribution in [3.8, 4) is 0 Å². The molecule has 0 amide bonds. The fourth-order valence-corrected chi connectivity index (χ4v) is 7.04. The smallest absolute Gasteiger partial charge is 0.303 e. The summed E-state index contributed by atoms with van der Waals surface area (Å²) in [5, 5.41) is 43.5. The number of ketones is 1. The van der Waals surface area contributed by atoms with Gasteiger partial charge in [-0.3, -0.25) is 14.8 Å². The zero-order valence-electron chi connectivity index (χ0n) is 17.9.